The van der Waals surface area contributed by atoms with Crippen molar-refractivity contribution >= 4 is 19.8 Å². The van der Waals surface area contributed by atoms with E-state index in [2.05, 4.69) is 148 Å². The van der Waals surface area contributed by atoms with Gasteiger partial charge in [0.15, 0.2) is 6.10 Å². The van der Waals surface area contributed by atoms with Crippen LogP contribution in [0.4, 0.5) is 0 Å². The number of allylic oxidation sites excluding steroid dienone is 22. The first-order valence-corrected chi connectivity index (χ1v) is 36.2. The Balaban J connectivity index is 3.99. The van der Waals surface area contributed by atoms with Crippen LogP contribution in [0.3, 0.4) is 0 Å². The Bertz CT molecular complexity index is 1860. The van der Waals surface area contributed by atoms with E-state index in [0.717, 1.165) is 122 Å². The van der Waals surface area contributed by atoms with Crippen molar-refractivity contribution in [2.75, 3.05) is 26.4 Å². The predicted octanol–water partition coefficient (Wildman–Crippen LogP) is 22.9. The maximum atomic E-state index is 12.8. The van der Waals surface area contributed by atoms with Gasteiger partial charge in [-0.3, -0.25) is 18.6 Å². The lowest BCUT2D eigenvalue weighted by Crippen LogP contribution is -2.29. The maximum absolute atomic E-state index is 12.8. The van der Waals surface area contributed by atoms with Crippen molar-refractivity contribution in [1.29, 1.82) is 0 Å². The van der Waals surface area contributed by atoms with Gasteiger partial charge in [0, 0.05) is 19.4 Å². The number of rotatable bonds is 64. The number of hydrogen-bond donors (Lipinski definition) is 2. The highest BCUT2D eigenvalue weighted by Crippen LogP contribution is 2.43. The van der Waals surface area contributed by atoms with Crippen LogP contribution in [0.1, 0.15) is 296 Å². The Hall–Kier alpha value is -3.85. The van der Waals surface area contributed by atoms with E-state index in [-0.39, 0.29) is 38.6 Å². The molecule has 0 amide bonds. The zero-order valence-electron chi connectivity index (χ0n) is 54.5. The van der Waals surface area contributed by atoms with Gasteiger partial charge in [-0.2, -0.15) is 0 Å². The highest BCUT2D eigenvalue weighted by Gasteiger charge is 2.26. The Morgan fingerprint density at radius 3 is 0.965 bits per heavy atom. The highest BCUT2D eigenvalue weighted by molar-refractivity contribution is 7.47. The van der Waals surface area contributed by atoms with Crippen molar-refractivity contribution in [3.05, 3.63) is 134 Å². The summed E-state index contributed by atoms with van der Waals surface area (Å²) < 4.78 is 33.1. The van der Waals surface area contributed by atoms with Crippen LogP contribution in [0.5, 0.6) is 0 Å². The van der Waals surface area contributed by atoms with Crippen molar-refractivity contribution in [2.45, 2.75) is 302 Å². The fourth-order valence-electron chi connectivity index (χ4n) is 9.47. The number of carbonyl (C=O) groups excluding carboxylic acids is 2. The summed E-state index contributed by atoms with van der Waals surface area (Å²) in [5, 5.41) is 0. The van der Waals surface area contributed by atoms with Crippen LogP contribution in [-0.2, 0) is 32.7 Å². The average molecular weight is 1200 g/mol. The third kappa shape index (κ3) is 69.1. The molecule has 10 heteroatoms. The van der Waals surface area contributed by atoms with Crippen LogP contribution < -0.4 is 5.73 Å². The number of esters is 2. The molecule has 3 N–H and O–H groups in total. The van der Waals surface area contributed by atoms with E-state index in [0.29, 0.717) is 6.42 Å². The molecule has 85 heavy (non-hydrogen) atoms. The average Bonchev–Trinajstić information content (AvgIpc) is 3.53. The minimum Gasteiger partial charge on any atom is -0.462 e. The molecule has 0 bridgehead atoms. The first-order valence-electron chi connectivity index (χ1n) is 34.7. The van der Waals surface area contributed by atoms with E-state index in [1.807, 2.05) is 0 Å². The number of phosphoric acid groups is 1. The molecule has 2 atom stereocenters. The molecule has 486 valence electrons. The molecule has 0 aliphatic rings. The molecule has 0 fully saturated rings. The third-order valence-electron chi connectivity index (χ3n) is 14.6. The second-order valence-electron chi connectivity index (χ2n) is 22.7. The molecule has 0 aromatic carbocycles. The van der Waals surface area contributed by atoms with Gasteiger partial charge in [-0.15, -0.1) is 0 Å². The third-order valence-corrected chi connectivity index (χ3v) is 15.5. The van der Waals surface area contributed by atoms with E-state index in [9.17, 15) is 19.0 Å². The molecule has 0 aromatic rings. The van der Waals surface area contributed by atoms with Crippen molar-refractivity contribution in [3.8, 4) is 0 Å². The number of ether oxygens (including phenoxy) is 2. The van der Waals surface area contributed by atoms with Gasteiger partial charge in [-0.25, -0.2) is 4.57 Å². The highest BCUT2D eigenvalue weighted by atomic mass is 31.2. The Labute approximate surface area is 523 Å². The molecule has 0 spiro atoms. The first-order chi connectivity index (χ1) is 41.8. The standard InChI is InChI=1S/C75H128NO8P/c1-3-5-7-9-11-13-15-17-19-21-23-25-27-29-30-31-32-33-34-35-36-37-38-39-40-41-42-44-46-48-50-52-54-56-58-60-62-64-66-68-75(78)84-73(72-83-85(79,80)82-70-69-76)71-81-74(77)67-65-63-61-59-57-55-53-51-49-47-45-43-28-26-24-22-20-18-16-14-12-10-8-6-4-2/h5,7,11,13,17,19,23,25,29-30,32-33,35-36,38-39,41-42,46,48,52,54,73H,3-4,6,8-10,12,14-16,18,20-22,24,26-28,31,34,37,40,43-45,47,49-51,53,55-72,76H2,1-2H3,(H,79,80)/b7-5-,13-11-,19-17-,25-23-,30-29-,33-32-,36-35-,39-38-,42-41-,48-46-,54-52-. The number of phosphoric ester groups is 1. The molecule has 0 heterocycles. The van der Waals surface area contributed by atoms with E-state index in [1.165, 1.54) is 141 Å². The number of nitrogens with two attached hydrogens (primary N) is 1. The molecule has 0 saturated carbocycles. The number of hydrogen-bond acceptors (Lipinski definition) is 8. The summed E-state index contributed by atoms with van der Waals surface area (Å²) in [5.74, 6) is -0.847. The molecule has 0 aliphatic carbocycles. The second-order valence-corrected chi connectivity index (χ2v) is 24.1. The second kappa shape index (κ2) is 69.3. The molecule has 9 nitrogen and oxygen atoms in total. The van der Waals surface area contributed by atoms with E-state index >= 15 is 0 Å². The van der Waals surface area contributed by atoms with Gasteiger partial charge in [0.2, 0.25) is 0 Å². The number of unbranched alkanes of at least 4 members (excludes halogenated alkanes) is 29. The zero-order valence-corrected chi connectivity index (χ0v) is 55.4. The van der Waals surface area contributed by atoms with E-state index < -0.39 is 26.5 Å². The molecular weight excluding hydrogens is 1070 g/mol. The van der Waals surface area contributed by atoms with Gasteiger partial charge in [0.05, 0.1) is 13.2 Å². The summed E-state index contributed by atoms with van der Waals surface area (Å²) in [6.45, 7) is 3.63. The van der Waals surface area contributed by atoms with Gasteiger partial charge < -0.3 is 20.1 Å². The van der Waals surface area contributed by atoms with Gasteiger partial charge in [-0.05, 0) is 96.3 Å². The SMILES string of the molecule is CC/C=C\C/C=C\C/C=C\C/C=C\C/C=C\C/C=C\C/C=C\C/C=C\C/C=C\C/C=C\C/C=C\CCCCCCCC(=O)OC(COC(=O)CCCCCCCCCCCCCCCCCCCCCCCCCCC)COP(=O)(O)OCCN. The molecule has 0 radical (unpaired) electrons. The maximum Gasteiger partial charge on any atom is 0.472 e. The minimum atomic E-state index is -4.41. The molecular formula is C75H128NO8P. The summed E-state index contributed by atoms with van der Waals surface area (Å²) >= 11 is 0. The summed E-state index contributed by atoms with van der Waals surface area (Å²) in [5.41, 5.74) is 5.40. The van der Waals surface area contributed by atoms with E-state index in [1.54, 1.807) is 0 Å². The van der Waals surface area contributed by atoms with Crippen LogP contribution in [0.15, 0.2) is 134 Å². The van der Waals surface area contributed by atoms with Crippen LogP contribution in [-0.4, -0.2) is 49.3 Å². The molecule has 2 unspecified atom stereocenters. The van der Waals surface area contributed by atoms with Gasteiger partial charge in [-0.1, -0.05) is 321 Å². The minimum absolute atomic E-state index is 0.0449. The topological polar surface area (TPSA) is 134 Å². The Morgan fingerprint density at radius 2 is 0.647 bits per heavy atom. The Kier molecular flexibility index (Phi) is 66.1. The van der Waals surface area contributed by atoms with Crippen LogP contribution >= 0.6 is 7.82 Å². The smallest absolute Gasteiger partial charge is 0.462 e. The largest absolute Gasteiger partial charge is 0.472 e. The zero-order chi connectivity index (χ0) is 61.6. The lowest BCUT2D eigenvalue weighted by atomic mass is 10.0. The van der Waals surface area contributed by atoms with Gasteiger partial charge in [0.1, 0.15) is 6.61 Å². The summed E-state index contributed by atoms with van der Waals surface area (Å²) in [7, 11) is -4.41. The van der Waals surface area contributed by atoms with Crippen molar-refractivity contribution in [2.24, 2.45) is 5.73 Å². The lowest BCUT2D eigenvalue weighted by Gasteiger charge is -2.19. The van der Waals surface area contributed by atoms with Gasteiger partial charge >= 0.3 is 19.8 Å². The van der Waals surface area contributed by atoms with Crippen LogP contribution in [0.2, 0.25) is 0 Å². The summed E-state index contributed by atoms with van der Waals surface area (Å²) in [6.07, 6.45) is 98.2. The van der Waals surface area contributed by atoms with Crippen molar-refractivity contribution < 1.29 is 37.6 Å². The quantitative estimate of drug-likeness (QED) is 0.0264. The molecule has 0 saturated heterocycles. The van der Waals surface area contributed by atoms with Crippen molar-refractivity contribution in [3.63, 3.8) is 0 Å². The normalized spacial score (nSPS) is 13.8. The summed E-state index contributed by atoms with van der Waals surface area (Å²) in [4.78, 5) is 35.3. The fourth-order valence-corrected chi connectivity index (χ4v) is 10.2. The molecule has 0 aliphatic heterocycles. The monoisotopic (exact) mass is 1200 g/mol. The summed E-state index contributed by atoms with van der Waals surface area (Å²) in [6, 6.07) is 0. The molecule has 0 rings (SSSR count). The van der Waals surface area contributed by atoms with Gasteiger partial charge in [0.25, 0.3) is 0 Å². The van der Waals surface area contributed by atoms with E-state index in [4.69, 9.17) is 24.3 Å². The molecule has 0 aromatic heterocycles. The fraction of sp³-hybridized carbons (Fsp3) is 0.680. The van der Waals surface area contributed by atoms with Crippen molar-refractivity contribution in [1.82, 2.24) is 0 Å². The van der Waals surface area contributed by atoms with Crippen LogP contribution in [0.25, 0.3) is 0 Å². The Morgan fingerprint density at radius 1 is 0.365 bits per heavy atom. The van der Waals surface area contributed by atoms with Crippen LogP contribution in [0, 0.1) is 0 Å². The number of carbonyl (C=O) groups is 2. The first kappa shape index (κ1) is 81.2. The predicted molar refractivity (Wildman–Crippen MR) is 367 cm³/mol. The lowest BCUT2D eigenvalue weighted by molar-refractivity contribution is -0.161.